The molecule has 6 nitrogen and oxygen atoms in total. The Morgan fingerprint density at radius 1 is 1.15 bits per heavy atom. The molecule has 1 atom stereocenters. The number of fused-ring (bicyclic) bond motifs is 2. The maximum Gasteiger partial charge on any atom is 0.340 e. The molecule has 0 radical (unpaired) electrons. The lowest BCUT2D eigenvalue weighted by Gasteiger charge is -2.32. The Morgan fingerprint density at radius 3 is 2.65 bits per heavy atom. The average molecular weight is 500 g/mol. The minimum Gasteiger partial charge on any atom is -0.449 e. The second-order valence-corrected chi connectivity index (χ2v) is 9.42. The molecule has 2 aromatic carbocycles. The Bertz CT molecular complexity index is 1250. The van der Waals surface area contributed by atoms with Crippen LogP contribution in [0.5, 0.6) is 0 Å². The number of amides is 1. The first-order valence-electron chi connectivity index (χ1n) is 11.4. The molecule has 1 unspecified atom stereocenters. The largest absolute Gasteiger partial charge is 0.449 e. The number of rotatable bonds is 6. The average Bonchev–Trinajstić information content (AvgIpc) is 2.83. The Hall–Kier alpha value is -2.67. The van der Waals surface area contributed by atoms with Crippen molar-refractivity contribution in [2.24, 2.45) is 0 Å². The molecule has 1 aliphatic heterocycles. The number of hydrogen-bond acceptors (Lipinski definition) is 5. The molecule has 1 aliphatic rings. The van der Waals surface area contributed by atoms with Gasteiger partial charge in [-0.1, -0.05) is 54.4 Å². The number of esters is 1. The molecule has 34 heavy (non-hydrogen) atoms. The number of aromatic nitrogens is 1. The Balaban J connectivity index is 1.66. The SMILES string of the molecule is CCC(OC(=O)c1c2c(nc3ccccc13)CCN(C(C)C)C2)C(=O)Nc1cccc(Cl)c1Cl. The van der Waals surface area contributed by atoms with Crippen molar-refractivity contribution in [3.63, 3.8) is 0 Å². The number of para-hydroxylation sites is 1. The summed E-state index contributed by atoms with van der Waals surface area (Å²) in [6.07, 6.45) is 0.0674. The number of nitrogens with one attached hydrogen (secondary N) is 1. The van der Waals surface area contributed by atoms with Crippen molar-refractivity contribution >= 4 is 51.7 Å². The first-order chi connectivity index (χ1) is 16.3. The molecule has 4 rings (SSSR count). The van der Waals surface area contributed by atoms with Gasteiger partial charge in [-0.05, 0) is 38.5 Å². The first kappa shape index (κ1) is 24.5. The molecule has 0 aliphatic carbocycles. The number of carbonyl (C=O) groups is 2. The van der Waals surface area contributed by atoms with E-state index in [0.717, 1.165) is 35.1 Å². The van der Waals surface area contributed by atoms with Crippen LogP contribution in [-0.2, 0) is 22.5 Å². The third kappa shape index (κ3) is 4.90. The summed E-state index contributed by atoms with van der Waals surface area (Å²) < 4.78 is 5.79. The van der Waals surface area contributed by atoms with Gasteiger partial charge < -0.3 is 10.1 Å². The number of halogens is 2. The van der Waals surface area contributed by atoms with E-state index in [4.69, 9.17) is 32.9 Å². The van der Waals surface area contributed by atoms with Crippen molar-refractivity contribution in [2.45, 2.75) is 52.3 Å². The van der Waals surface area contributed by atoms with E-state index >= 15 is 0 Å². The summed E-state index contributed by atoms with van der Waals surface area (Å²) in [6, 6.07) is 12.8. The van der Waals surface area contributed by atoms with E-state index in [-0.39, 0.29) is 5.02 Å². The fraction of sp³-hybridized carbons (Fsp3) is 0.346. The molecule has 0 bridgehead atoms. The Morgan fingerprint density at radius 2 is 1.91 bits per heavy atom. The van der Waals surface area contributed by atoms with Gasteiger partial charge in [-0.2, -0.15) is 0 Å². The van der Waals surface area contributed by atoms with Gasteiger partial charge in [0.1, 0.15) is 0 Å². The summed E-state index contributed by atoms with van der Waals surface area (Å²) in [6.45, 7) is 7.55. The fourth-order valence-electron chi connectivity index (χ4n) is 4.21. The summed E-state index contributed by atoms with van der Waals surface area (Å²) in [7, 11) is 0. The second kappa shape index (κ2) is 10.3. The molecular formula is C26H27Cl2N3O3. The summed E-state index contributed by atoms with van der Waals surface area (Å²) >= 11 is 12.3. The molecule has 0 saturated heterocycles. The fourth-order valence-corrected chi connectivity index (χ4v) is 4.56. The molecule has 1 amide bonds. The van der Waals surface area contributed by atoms with Crippen LogP contribution >= 0.6 is 23.2 Å². The van der Waals surface area contributed by atoms with Crippen LogP contribution in [-0.4, -0.2) is 40.5 Å². The smallest absolute Gasteiger partial charge is 0.340 e. The lowest BCUT2D eigenvalue weighted by molar-refractivity contribution is -0.124. The van der Waals surface area contributed by atoms with Crippen LogP contribution in [0.2, 0.25) is 10.0 Å². The highest BCUT2D eigenvalue weighted by Gasteiger charge is 2.30. The summed E-state index contributed by atoms with van der Waals surface area (Å²) in [5.41, 5.74) is 3.38. The van der Waals surface area contributed by atoms with Gasteiger partial charge in [0.05, 0.1) is 26.8 Å². The summed E-state index contributed by atoms with van der Waals surface area (Å²) in [5.74, 6) is -0.990. The van der Waals surface area contributed by atoms with E-state index in [0.29, 0.717) is 35.3 Å². The van der Waals surface area contributed by atoms with Crippen molar-refractivity contribution in [1.82, 2.24) is 9.88 Å². The topological polar surface area (TPSA) is 71.5 Å². The van der Waals surface area contributed by atoms with Crippen molar-refractivity contribution < 1.29 is 14.3 Å². The molecule has 0 saturated carbocycles. The zero-order chi connectivity index (χ0) is 24.4. The van der Waals surface area contributed by atoms with Gasteiger partial charge in [-0.15, -0.1) is 0 Å². The van der Waals surface area contributed by atoms with Crippen LogP contribution in [0.25, 0.3) is 10.9 Å². The van der Waals surface area contributed by atoms with Gasteiger partial charge in [-0.25, -0.2) is 4.79 Å². The Kier molecular flexibility index (Phi) is 7.41. The van der Waals surface area contributed by atoms with Crippen LogP contribution < -0.4 is 5.32 Å². The zero-order valence-corrected chi connectivity index (χ0v) is 20.9. The molecule has 1 N–H and O–H groups in total. The highest BCUT2D eigenvalue weighted by Crippen LogP contribution is 2.31. The lowest BCUT2D eigenvalue weighted by atomic mass is 9.95. The molecular weight excluding hydrogens is 473 g/mol. The molecule has 3 aromatic rings. The molecule has 1 aromatic heterocycles. The maximum atomic E-state index is 13.6. The van der Waals surface area contributed by atoms with E-state index in [1.165, 1.54) is 0 Å². The van der Waals surface area contributed by atoms with Gasteiger partial charge in [0, 0.05) is 42.2 Å². The van der Waals surface area contributed by atoms with Crippen molar-refractivity contribution in [1.29, 1.82) is 0 Å². The van der Waals surface area contributed by atoms with Crippen LogP contribution in [0.3, 0.4) is 0 Å². The number of anilines is 1. The van der Waals surface area contributed by atoms with E-state index in [1.54, 1.807) is 25.1 Å². The Labute approximate surface area is 209 Å². The number of hydrogen-bond donors (Lipinski definition) is 1. The monoisotopic (exact) mass is 499 g/mol. The normalized spacial score (nSPS) is 14.6. The quantitative estimate of drug-likeness (QED) is 0.428. The highest BCUT2D eigenvalue weighted by molar-refractivity contribution is 6.44. The molecule has 178 valence electrons. The van der Waals surface area contributed by atoms with Gasteiger partial charge in [0.15, 0.2) is 6.10 Å². The number of pyridine rings is 1. The molecule has 0 spiro atoms. The molecule has 8 heteroatoms. The lowest BCUT2D eigenvalue weighted by Crippen LogP contribution is -2.38. The van der Waals surface area contributed by atoms with Crippen molar-refractivity contribution in [2.75, 3.05) is 11.9 Å². The number of benzene rings is 2. The maximum absolute atomic E-state index is 13.6. The second-order valence-electron chi connectivity index (χ2n) is 8.64. The van der Waals surface area contributed by atoms with E-state index in [2.05, 4.69) is 24.1 Å². The predicted octanol–water partition coefficient (Wildman–Crippen LogP) is 5.88. The minimum absolute atomic E-state index is 0.238. The van der Waals surface area contributed by atoms with Gasteiger partial charge in [0.25, 0.3) is 5.91 Å². The van der Waals surface area contributed by atoms with Crippen LogP contribution in [0, 0.1) is 0 Å². The first-order valence-corrected chi connectivity index (χ1v) is 12.2. The standard InChI is InChI=1S/C26H27Cl2N3O3/c1-4-22(25(32)30-21-11-7-9-18(27)24(21)28)34-26(33)23-16-8-5-6-10-19(16)29-20-12-13-31(15(2)3)14-17(20)23/h5-11,15,22H,4,12-14H2,1-3H3,(H,30,32). The van der Waals surface area contributed by atoms with Crippen LogP contribution in [0.1, 0.15) is 48.8 Å². The molecule has 0 fully saturated rings. The van der Waals surface area contributed by atoms with E-state index in [1.807, 2.05) is 24.3 Å². The van der Waals surface area contributed by atoms with Gasteiger partial charge in [0.2, 0.25) is 0 Å². The van der Waals surface area contributed by atoms with Crippen molar-refractivity contribution in [3.05, 3.63) is 69.3 Å². The predicted molar refractivity (Wildman–Crippen MR) is 136 cm³/mol. The number of carbonyl (C=O) groups excluding carboxylic acids is 2. The van der Waals surface area contributed by atoms with Gasteiger partial charge in [-0.3, -0.25) is 14.7 Å². The van der Waals surface area contributed by atoms with Crippen LogP contribution in [0.15, 0.2) is 42.5 Å². The number of ether oxygens (including phenoxy) is 1. The highest BCUT2D eigenvalue weighted by atomic mass is 35.5. The van der Waals surface area contributed by atoms with Crippen molar-refractivity contribution in [3.8, 4) is 0 Å². The van der Waals surface area contributed by atoms with E-state index in [9.17, 15) is 9.59 Å². The molecule has 2 heterocycles. The van der Waals surface area contributed by atoms with Gasteiger partial charge >= 0.3 is 5.97 Å². The third-order valence-electron chi connectivity index (χ3n) is 6.13. The van der Waals surface area contributed by atoms with E-state index < -0.39 is 18.0 Å². The number of nitrogens with zero attached hydrogens (tertiary/aromatic N) is 2. The minimum atomic E-state index is -0.991. The zero-order valence-electron chi connectivity index (χ0n) is 19.4. The summed E-state index contributed by atoms with van der Waals surface area (Å²) in [4.78, 5) is 33.6. The summed E-state index contributed by atoms with van der Waals surface area (Å²) in [5, 5.41) is 4.02. The van der Waals surface area contributed by atoms with Crippen LogP contribution in [0.4, 0.5) is 5.69 Å². The third-order valence-corrected chi connectivity index (χ3v) is 6.95.